The minimum atomic E-state index is 0.192. The van der Waals surface area contributed by atoms with E-state index in [1.165, 1.54) is 41.6 Å². The lowest BCUT2D eigenvalue weighted by Crippen LogP contribution is -2.49. The van der Waals surface area contributed by atoms with Gasteiger partial charge < -0.3 is 9.80 Å². The van der Waals surface area contributed by atoms with Crippen LogP contribution in [0.5, 0.6) is 0 Å². The maximum absolute atomic E-state index is 12.9. The summed E-state index contributed by atoms with van der Waals surface area (Å²) in [6, 6.07) is 14.8. The fourth-order valence-corrected chi connectivity index (χ4v) is 4.12. The number of fused-ring (bicyclic) bond motifs is 1. The van der Waals surface area contributed by atoms with Crippen molar-refractivity contribution in [2.75, 3.05) is 31.1 Å². The molecule has 130 valence electrons. The Hall–Kier alpha value is -2.29. The van der Waals surface area contributed by atoms with Gasteiger partial charge in [-0.1, -0.05) is 24.3 Å². The Kier molecular flexibility index (Phi) is 4.48. The van der Waals surface area contributed by atoms with Crippen LogP contribution in [-0.2, 0) is 12.8 Å². The molecule has 0 atom stereocenters. The first-order chi connectivity index (χ1) is 12.2. The summed E-state index contributed by atoms with van der Waals surface area (Å²) < 4.78 is 0. The highest BCUT2D eigenvalue weighted by atomic mass is 16.2. The molecule has 25 heavy (non-hydrogen) atoms. The second-order valence-corrected chi connectivity index (χ2v) is 7.26. The van der Waals surface area contributed by atoms with E-state index in [-0.39, 0.29) is 5.91 Å². The molecule has 2 aliphatic rings. The van der Waals surface area contributed by atoms with Gasteiger partial charge >= 0.3 is 0 Å². The number of rotatable bonds is 2. The predicted octanol–water partition coefficient (Wildman–Crippen LogP) is 3.84. The molecule has 1 amide bonds. The number of nitrogens with zero attached hydrogens (tertiary/aromatic N) is 2. The third-order valence-corrected chi connectivity index (χ3v) is 5.62. The molecule has 3 heteroatoms. The molecule has 1 fully saturated rings. The molecule has 2 aromatic carbocycles. The van der Waals surface area contributed by atoms with E-state index in [1.54, 1.807) is 0 Å². The number of benzene rings is 2. The summed E-state index contributed by atoms with van der Waals surface area (Å²) in [5, 5.41) is 0. The molecule has 0 radical (unpaired) electrons. The van der Waals surface area contributed by atoms with Crippen LogP contribution in [0.3, 0.4) is 0 Å². The summed E-state index contributed by atoms with van der Waals surface area (Å²) in [6.07, 6.45) is 4.82. The number of para-hydroxylation sites is 1. The van der Waals surface area contributed by atoms with Crippen molar-refractivity contribution >= 4 is 11.6 Å². The van der Waals surface area contributed by atoms with Crippen LogP contribution < -0.4 is 4.90 Å². The molecule has 3 nitrogen and oxygen atoms in total. The Morgan fingerprint density at radius 1 is 0.880 bits per heavy atom. The Balaban J connectivity index is 1.44. The highest BCUT2D eigenvalue weighted by Gasteiger charge is 2.23. The number of amides is 1. The summed E-state index contributed by atoms with van der Waals surface area (Å²) in [7, 11) is 0. The maximum atomic E-state index is 12.9. The third kappa shape index (κ3) is 3.28. The zero-order valence-electron chi connectivity index (χ0n) is 15.0. The average molecular weight is 334 g/mol. The Bertz CT molecular complexity index is 775. The van der Waals surface area contributed by atoms with Crippen LogP contribution in [0.4, 0.5) is 5.69 Å². The van der Waals surface area contributed by atoms with Crippen molar-refractivity contribution in [2.24, 2.45) is 0 Å². The number of carbonyl (C=O) groups is 1. The highest BCUT2D eigenvalue weighted by Crippen LogP contribution is 2.24. The van der Waals surface area contributed by atoms with Gasteiger partial charge in [-0.2, -0.15) is 0 Å². The van der Waals surface area contributed by atoms with Crippen LogP contribution >= 0.6 is 0 Å². The number of carbonyl (C=O) groups excluding carboxylic acids is 1. The standard InChI is InChI=1S/C22H26N2O/c1-17-6-2-5-9-21(17)23-12-14-24(15-13-23)22(25)20-11-10-18-7-3-4-8-19(18)16-20/h2,5-6,9-11,16H,3-4,7-8,12-15H2,1H3. The molecule has 0 aromatic heterocycles. The van der Waals surface area contributed by atoms with Gasteiger partial charge in [0.15, 0.2) is 0 Å². The van der Waals surface area contributed by atoms with E-state index >= 15 is 0 Å². The van der Waals surface area contributed by atoms with E-state index in [0.717, 1.165) is 38.2 Å². The molecular weight excluding hydrogens is 308 g/mol. The number of hydrogen-bond acceptors (Lipinski definition) is 2. The fraction of sp³-hybridized carbons (Fsp3) is 0.409. The molecule has 0 saturated carbocycles. The first-order valence-corrected chi connectivity index (χ1v) is 9.44. The van der Waals surface area contributed by atoms with Gasteiger partial charge in [-0.05, 0) is 67.5 Å². The van der Waals surface area contributed by atoms with E-state index in [2.05, 4.69) is 48.2 Å². The molecule has 1 aliphatic heterocycles. The second kappa shape index (κ2) is 6.91. The third-order valence-electron chi connectivity index (χ3n) is 5.62. The predicted molar refractivity (Wildman–Crippen MR) is 102 cm³/mol. The quantitative estimate of drug-likeness (QED) is 0.833. The molecule has 1 aliphatic carbocycles. The molecule has 0 unspecified atom stereocenters. The zero-order chi connectivity index (χ0) is 17.2. The van der Waals surface area contributed by atoms with Gasteiger partial charge in [-0.25, -0.2) is 0 Å². The van der Waals surface area contributed by atoms with Crippen molar-refractivity contribution in [3.8, 4) is 0 Å². The van der Waals surface area contributed by atoms with Gasteiger partial charge in [0.1, 0.15) is 0 Å². The first-order valence-electron chi connectivity index (χ1n) is 9.44. The summed E-state index contributed by atoms with van der Waals surface area (Å²) >= 11 is 0. The number of piperazine rings is 1. The van der Waals surface area contributed by atoms with Crippen LogP contribution in [0.2, 0.25) is 0 Å². The minimum absolute atomic E-state index is 0.192. The van der Waals surface area contributed by atoms with Crippen LogP contribution in [0.25, 0.3) is 0 Å². The van der Waals surface area contributed by atoms with Crippen LogP contribution in [-0.4, -0.2) is 37.0 Å². The van der Waals surface area contributed by atoms with Crippen molar-refractivity contribution in [3.05, 3.63) is 64.7 Å². The molecule has 2 aromatic rings. The summed E-state index contributed by atoms with van der Waals surface area (Å²) in [5.74, 6) is 0.192. The van der Waals surface area contributed by atoms with E-state index in [4.69, 9.17) is 0 Å². The minimum Gasteiger partial charge on any atom is -0.368 e. The lowest BCUT2D eigenvalue weighted by Gasteiger charge is -2.37. The lowest BCUT2D eigenvalue weighted by molar-refractivity contribution is 0.0746. The smallest absolute Gasteiger partial charge is 0.253 e. The molecule has 1 saturated heterocycles. The Morgan fingerprint density at radius 2 is 1.60 bits per heavy atom. The van der Waals surface area contributed by atoms with Gasteiger partial charge in [0.25, 0.3) is 5.91 Å². The molecule has 1 heterocycles. The summed E-state index contributed by atoms with van der Waals surface area (Å²) in [4.78, 5) is 17.3. The van der Waals surface area contributed by atoms with Crippen LogP contribution in [0.1, 0.15) is 39.9 Å². The van der Waals surface area contributed by atoms with Gasteiger partial charge in [-0.15, -0.1) is 0 Å². The molecule has 0 N–H and O–H groups in total. The van der Waals surface area contributed by atoms with Gasteiger partial charge in [0, 0.05) is 37.4 Å². The maximum Gasteiger partial charge on any atom is 0.253 e. The zero-order valence-corrected chi connectivity index (χ0v) is 15.0. The van der Waals surface area contributed by atoms with Gasteiger partial charge in [0.05, 0.1) is 0 Å². The van der Waals surface area contributed by atoms with E-state index < -0.39 is 0 Å². The highest BCUT2D eigenvalue weighted by molar-refractivity contribution is 5.94. The normalized spacial score (nSPS) is 17.3. The van der Waals surface area contributed by atoms with Crippen molar-refractivity contribution in [1.82, 2.24) is 4.90 Å². The van der Waals surface area contributed by atoms with Gasteiger partial charge in [0.2, 0.25) is 0 Å². The van der Waals surface area contributed by atoms with E-state index in [9.17, 15) is 4.79 Å². The van der Waals surface area contributed by atoms with E-state index in [0.29, 0.717) is 0 Å². The summed E-state index contributed by atoms with van der Waals surface area (Å²) in [6.45, 7) is 5.55. The monoisotopic (exact) mass is 334 g/mol. The molecular formula is C22H26N2O. The van der Waals surface area contributed by atoms with Gasteiger partial charge in [-0.3, -0.25) is 4.79 Å². The number of anilines is 1. The van der Waals surface area contributed by atoms with Crippen molar-refractivity contribution < 1.29 is 4.79 Å². The fourth-order valence-electron chi connectivity index (χ4n) is 4.12. The SMILES string of the molecule is Cc1ccccc1N1CCN(C(=O)c2ccc3c(c2)CCCC3)CC1. The first kappa shape index (κ1) is 16.2. The van der Waals surface area contributed by atoms with Crippen LogP contribution in [0.15, 0.2) is 42.5 Å². The van der Waals surface area contributed by atoms with Crippen molar-refractivity contribution in [3.63, 3.8) is 0 Å². The molecule has 0 spiro atoms. The second-order valence-electron chi connectivity index (χ2n) is 7.26. The Morgan fingerprint density at radius 3 is 2.36 bits per heavy atom. The largest absolute Gasteiger partial charge is 0.368 e. The van der Waals surface area contributed by atoms with E-state index in [1.807, 2.05) is 11.0 Å². The molecule has 4 rings (SSSR count). The molecule has 0 bridgehead atoms. The van der Waals surface area contributed by atoms with Crippen molar-refractivity contribution in [1.29, 1.82) is 0 Å². The summed E-state index contributed by atoms with van der Waals surface area (Å²) in [5.41, 5.74) is 6.29. The van der Waals surface area contributed by atoms with Crippen LogP contribution in [0, 0.1) is 6.92 Å². The number of aryl methyl sites for hydroxylation is 3. The topological polar surface area (TPSA) is 23.6 Å². The Labute approximate surface area is 150 Å². The van der Waals surface area contributed by atoms with Crippen molar-refractivity contribution in [2.45, 2.75) is 32.6 Å². The average Bonchev–Trinajstić information content (AvgIpc) is 2.67. The number of hydrogen-bond donors (Lipinski definition) is 0. The lowest BCUT2D eigenvalue weighted by atomic mass is 9.90.